The highest BCUT2D eigenvalue weighted by Gasteiger charge is 2.20. The van der Waals surface area contributed by atoms with Gasteiger partial charge in [-0.15, -0.1) is 0 Å². The fourth-order valence-electron chi connectivity index (χ4n) is 1.58. The van der Waals surface area contributed by atoms with Crippen LogP contribution in [0.5, 0.6) is 0 Å². The highest BCUT2D eigenvalue weighted by atomic mass is 35.5. The summed E-state index contributed by atoms with van der Waals surface area (Å²) < 4.78 is 29.8. The number of nitrogen functional groups attached to an aromatic ring is 1. The van der Waals surface area contributed by atoms with Crippen LogP contribution in [0.1, 0.15) is 12.8 Å². The predicted molar refractivity (Wildman–Crippen MR) is 79.3 cm³/mol. The van der Waals surface area contributed by atoms with E-state index in [9.17, 15) is 13.2 Å². The second-order valence-electron chi connectivity index (χ2n) is 4.17. The minimum absolute atomic E-state index is 0.0502. The van der Waals surface area contributed by atoms with Crippen LogP contribution < -0.4 is 10.0 Å². The average Bonchev–Trinajstić information content (AvgIpc) is 2.40. The molecular weight excluding hydrogens is 304 g/mol. The normalized spacial score (nSPS) is 11.2. The molecule has 0 fully saturated rings. The number of methoxy groups -OCH3 is 1. The average molecular weight is 321 g/mol. The lowest BCUT2D eigenvalue weighted by molar-refractivity contribution is -0.140. The number of sulfonamides is 1. The van der Waals surface area contributed by atoms with Gasteiger partial charge in [0.15, 0.2) is 0 Å². The van der Waals surface area contributed by atoms with Crippen LogP contribution in [0.3, 0.4) is 0 Å². The Hall–Kier alpha value is -1.47. The zero-order chi connectivity index (χ0) is 15.3. The van der Waals surface area contributed by atoms with Gasteiger partial charge in [-0.2, -0.15) is 0 Å². The molecule has 0 aliphatic carbocycles. The van der Waals surface area contributed by atoms with Crippen molar-refractivity contribution in [1.29, 1.82) is 0 Å². The number of halogens is 1. The van der Waals surface area contributed by atoms with Gasteiger partial charge in [0.05, 0.1) is 24.2 Å². The molecule has 0 aliphatic rings. The topological polar surface area (TPSA) is 89.7 Å². The lowest BCUT2D eigenvalue weighted by Crippen LogP contribution is -2.30. The summed E-state index contributed by atoms with van der Waals surface area (Å²) in [6.07, 6.45) is 0.231. The molecule has 0 saturated heterocycles. The molecule has 1 aromatic carbocycles. The molecule has 1 aromatic rings. The molecule has 0 aromatic heterocycles. The number of nitrogens with two attached hydrogens (primary N) is 1. The second kappa shape index (κ2) is 6.81. The number of hydrogen-bond acceptors (Lipinski definition) is 5. The Morgan fingerprint density at radius 1 is 1.45 bits per heavy atom. The SMILES string of the molecule is COC(=O)CCCS(=O)(=O)N(C)c1cc(Cl)ccc1N. The molecule has 0 atom stereocenters. The number of hydrogen-bond donors (Lipinski definition) is 1. The Balaban J connectivity index is 2.81. The van der Waals surface area contributed by atoms with Crippen molar-refractivity contribution in [3.05, 3.63) is 23.2 Å². The van der Waals surface area contributed by atoms with E-state index in [4.69, 9.17) is 17.3 Å². The minimum Gasteiger partial charge on any atom is -0.469 e. The second-order valence-corrected chi connectivity index (χ2v) is 6.72. The van der Waals surface area contributed by atoms with Crippen molar-refractivity contribution in [3.63, 3.8) is 0 Å². The fourth-order valence-corrected chi connectivity index (χ4v) is 2.98. The lowest BCUT2D eigenvalue weighted by Gasteiger charge is -2.21. The highest BCUT2D eigenvalue weighted by molar-refractivity contribution is 7.92. The largest absolute Gasteiger partial charge is 0.469 e. The molecule has 1 rings (SSSR count). The van der Waals surface area contributed by atoms with E-state index in [0.717, 1.165) is 4.31 Å². The van der Waals surface area contributed by atoms with Crippen LogP contribution in [0, 0.1) is 0 Å². The Morgan fingerprint density at radius 3 is 2.70 bits per heavy atom. The van der Waals surface area contributed by atoms with E-state index in [1.165, 1.54) is 26.3 Å². The van der Waals surface area contributed by atoms with Crippen LogP contribution in [0.4, 0.5) is 11.4 Å². The summed E-state index contributed by atoms with van der Waals surface area (Å²) in [5, 5.41) is 0.394. The van der Waals surface area contributed by atoms with E-state index >= 15 is 0 Å². The van der Waals surface area contributed by atoms with Gasteiger partial charge in [0.2, 0.25) is 10.0 Å². The zero-order valence-corrected chi connectivity index (χ0v) is 12.9. The molecule has 0 amide bonds. The Bertz CT molecular complexity index is 589. The van der Waals surface area contributed by atoms with Crippen molar-refractivity contribution in [2.75, 3.05) is 29.9 Å². The number of anilines is 2. The summed E-state index contributed by atoms with van der Waals surface area (Å²) in [6, 6.07) is 4.60. The summed E-state index contributed by atoms with van der Waals surface area (Å²) in [6.45, 7) is 0. The maximum Gasteiger partial charge on any atom is 0.305 e. The molecule has 0 spiro atoms. The molecule has 0 saturated carbocycles. The van der Waals surface area contributed by atoms with Crippen molar-refractivity contribution in [2.24, 2.45) is 0 Å². The first-order valence-electron chi connectivity index (χ1n) is 5.86. The molecule has 6 nitrogen and oxygen atoms in total. The van der Waals surface area contributed by atoms with Crippen molar-refractivity contribution in [1.82, 2.24) is 0 Å². The van der Waals surface area contributed by atoms with Gasteiger partial charge < -0.3 is 10.5 Å². The molecule has 0 unspecified atom stereocenters. The van der Waals surface area contributed by atoms with Crippen LogP contribution in [0.15, 0.2) is 18.2 Å². The van der Waals surface area contributed by atoms with Gasteiger partial charge in [-0.3, -0.25) is 9.10 Å². The van der Waals surface area contributed by atoms with E-state index in [-0.39, 0.29) is 18.6 Å². The van der Waals surface area contributed by atoms with Crippen LogP contribution >= 0.6 is 11.6 Å². The first-order valence-corrected chi connectivity index (χ1v) is 7.85. The Kier molecular flexibility index (Phi) is 5.64. The molecule has 0 aliphatic heterocycles. The third-order valence-corrected chi connectivity index (χ3v) is 4.83. The van der Waals surface area contributed by atoms with E-state index in [2.05, 4.69) is 4.74 Å². The number of esters is 1. The highest BCUT2D eigenvalue weighted by Crippen LogP contribution is 2.28. The number of carbonyl (C=O) groups excluding carboxylic acids is 1. The molecule has 2 N–H and O–H groups in total. The summed E-state index contributed by atoms with van der Waals surface area (Å²) in [7, 11) is -0.912. The van der Waals surface area contributed by atoms with Crippen molar-refractivity contribution in [3.8, 4) is 0 Å². The monoisotopic (exact) mass is 320 g/mol. The fraction of sp³-hybridized carbons (Fsp3) is 0.417. The van der Waals surface area contributed by atoms with Gasteiger partial charge in [0.1, 0.15) is 0 Å². The van der Waals surface area contributed by atoms with Crippen LogP contribution in [0.25, 0.3) is 0 Å². The molecular formula is C12H17ClN2O4S. The quantitative estimate of drug-likeness (QED) is 0.635. The number of rotatable bonds is 6. The van der Waals surface area contributed by atoms with E-state index in [1.807, 2.05) is 0 Å². The third-order valence-electron chi connectivity index (χ3n) is 2.76. The number of ether oxygens (including phenoxy) is 1. The standard InChI is InChI=1S/C12H17ClN2O4S/c1-15(11-8-9(13)5-6-10(11)14)20(17,18)7-3-4-12(16)19-2/h5-6,8H,3-4,7,14H2,1-2H3. The Labute approximate surface area is 123 Å². The number of benzene rings is 1. The minimum atomic E-state index is -3.57. The van der Waals surface area contributed by atoms with Crippen molar-refractivity contribution in [2.45, 2.75) is 12.8 Å². The number of nitrogens with zero attached hydrogens (tertiary/aromatic N) is 1. The van der Waals surface area contributed by atoms with Crippen LogP contribution in [-0.4, -0.2) is 34.3 Å². The van der Waals surface area contributed by atoms with Gasteiger partial charge in [-0.05, 0) is 24.6 Å². The van der Waals surface area contributed by atoms with Gasteiger partial charge in [0, 0.05) is 18.5 Å². The summed E-state index contributed by atoms with van der Waals surface area (Å²) in [5.74, 6) is -0.616. The van der Waals surface area contributed by atoms with Crippen LogP contribution in [-0.2, 0) is 19.6 Å². The van der Waals surface area contributed by atoms with Gasteiger partial charge in [-0.1, -0.05) is 11.6 Å². The Morgan fingerprint density at radius 2 is 2.10 bits per heavy atom. The van der Waals surface area contributed by atoms with Gasteiger partial charge in [-0.25, -0.2) is 8.42 Å². The number of carbonyl (C=O) groups is 1. The maximum absolute atomic E-state index is 12.1. The molecule has 20 heavy (non-hydrogen) atoms. The summed E-state index contributed by atoms with van der Waals surface area (Å²) in [4.78, 5) is 11.0. The smallest absolute Gasteiger partial charge is 0.305 e. The molecule has 0 radical (unpaired) electrons. The first-order chi connectivity index (χ1) is 9.27. The molecule has 8 heteroatoms. The predicted octanol–water partition coefficient (Wildman–Crippen LogP) is 1.64. The maximum atomic E-state index is 12.1. The summed E-state index contributed by atoms with van der Waals surface area (Å²) in [5.41, 5.74) is 6.38. The van der Waals surface area contributed by atoms with E-state index in [0.29, 0.717) is 16.4 Å². The first kappa shape index (κ1) is 16.6. The third kappa shape index (κ3) is 4.28. The lowest BCUT2D eigenvalue weighted by atomic mass is 10.3. The molecule has 0 bridgehead atoms. The molecule has 0 heterocycles. The van der Waals surface area contributed by atoms with Gasteiger partial charge in [0.25, 0.3) is 0 Å². The summed E-state index contributed by atoms with van der Waals surface area (Å²) >= 11 is 5.84. The molecule has 112 valence electrons. The zero-order valence-electron chi connectivity index (χ0n) is 11.3. The van der Waals surface area contributed by atoms with Crippen molar-refractivity contribution < 1.29 is 17.9 Å². The van der Waals surface area contributed by atoms with E-state index < -0.39 is 16.0 Å². The van der Waals surface area contributed by atoms with E-state index in [1.54, 1.807) is 6.07 Å². The van der Waals surface area contributed by atoms with Gasteiger partial charge >= 0.3 is 5.97 Å². The van der Waals surface area contributed by atoms with Crippen LogP contribution in [0.2, 0.25) is 5.02 Å². The van der Waals surface area contributed by atoms with Crippen molar-refractivity contribution >= 4 is 39.0 Å².